The molecule has 0 aliphatic carbocycles. The Morgan fingerprint density at radius 3 is 2.83 bits per heavy atom. The second kappa shape index (κ2) is 6.87. The Morgan fingerprint density at radius 1 is 1.09 bits per heavy atom. The number of aromatic nitrogens is 1. The molecule has 0 saturated heterocycles. The van der Waals surface area contributed by atoms with Crippen LogP contribution in [0.25, 0.3) is 10.9 Å². The van der Waals surface area contributed by atoms with Gasteiger partial charge in [0.2, 0.25) is 0 Å². The van der Waals surface area contributed by atoms with Crippen LogP contribution in [0.1, 0.15) is 5.56 Å². The summed E-state index contributed by atoms with van der Waals surface area (Å²) in [5.41, 5.74) is 2.38. The number of nitrogens with zero attached hydrogens (tertiary/aromatic N) is 1. The van der Waals surface area contributed by atoms with Crippen LogP contribution >= 0.6 is 0 Å². The maximum absolute atomic E-state index is 13.1. The van der Waals surface area contributed by atoms with Gasteiger partial charge >= 0.3 is 6.03 Å². The van der Waals surface area contributed by atoms with Crippen LogP contribution in [-0.2, 0) is 6.42 Å². The molecule has 1 aromatic heterocycles. The van der Waals surface area contributed by atoms with Crippen LogP contribution in [0.5, 0.6) is 0 Å². The lowest BCUT2D eigenvalue weighted by Gasteiger charge is -2.10. The number of fused-ring (bicyclic) bond motifs is 1. The normalized spacial score (nSPS) is 10.5. The molecule has 0 bridgehead atoms. The van der Waals surface area contributed by atoms with Crippen LogP contribution in [0.15, 0.2) is 60.8 Å². The maximum atomic E-state index is 13.1. The highest BCUT2D eigenvalue weighted by Crippen LogP contribution is 2.20. The lowest BCUT2D eigenvalue weighted by molar-refractivity contribution is 0.252. The molecule has 3 rings (SSSR count). The standard InChI is InChI=1S/C18H16FN3O/c19-14-5-1-4-13(12-14)9-11-21-18(23)22-17-8-2-7-16-15(17)6-3-10-20-16/h1-8,10,12H,9,11H2,(H2,21,22,23). The minimum absolute atomic E-state index is 0.268. The predicted molar refractivity (Wildman–Crippen MR) is 88.9 cm³/mol. The first-order valence-corrected chi connectivity index (χ1v) is 7.35. The lowest BCUT2D eigenvalue weighted by atomic mass is 10.1. The van der Waals surface area contributed by atoms with E-state index < -0.39 is 0 Å². The number of pyridine rings is 1. The number of rotatable bonds is 4. The number of anilines is 1. The minimum atomic E-state index is -0.294. The van der Waals surface area contributed by atoms with Gasteiger partial charge in [-0.1, -0.05) is 18.2 Å². The molecule has 23 heavy (non-hydrogen) atoms. The Morgan fingerprint density at radius 2 is 1.96 bits per heavy atom. The zero-order valence-electron chi connectivity index (χ0n) is 12.4. The van der Waals surface area contributed by atoms with E-state index >= 15 is 0 Å². The molecule has 0 spiro atoms. The van der Waals surface area contributed by atoms with Crippen LogP contribution in [-0.4, -0.2) is 17.6 Å². The summed E-state index contributed by atoms with van der Waals surface area (Å²) in [4.78, 5) is 16.2. The van der Waals surface area contributed by atoms with Crippen molar-refractivity contribution in [3.05, 3.63) is 72.2 Å². The van der Waals surface area contributed by atoms with E-state index in [0.717, 1.165) is 16.5 Å². The van der Waals surface area contributed by atoms with Crippen LogP contribution in [0, 0.1) is 5.82 Å². The summed E-state index contributed by atoms with van der Waals surface area (Å²) in [6, 6.07) is 15.4. The van der Waals surface area contributed by atoms with Crippen molar-refractivity contribution < 1.29 is 9.18 Å². The topological polar surface area (TPSA) is 54.0 Å². The Labute approximate surface area is 133 Å². The van der Waals surface area contributed by atoms with Crippen LogP contribution in [0.4, 0.5) is 14.9 Å². The van der Waals surface area contributed by atoms with Gasteiger partial charge in [0.25, 0.3) is 0 Å². The lowest BCUT2D eigenvalue weighted by Crippen LogP contribution is -2.30. The number of hydrogen-bond acceptors (Lipinski definition) is 2. The number of nitrogens with one attached hydrogen (secondary N) is 2. The molecule has 3 aromatic rings. The Kier molecular flexibility index (Phi) is 4.47. The number of benzene rings is 2. The van der Waals surface area contributed by atoms with Crippen molar-refractivity contribution in [3.8, 4) is 0 Å². The fourth-order valence-electron chi connectivity index (χ4n) is 2.39. The molecule has 4 nitrogen and oxygen atoms in total. The number of hydrogen-bond donors (Lipinski definition) is 2. The molecule has 0 atom stereocenters. The number of urea groups is 1. The van der Waals surface area contributed by atoms with Crippen molar-refractivity contribution in [1.82, 2.24) is 10.3 Å². The van der Waals surface area contributed by atoms with Gasteiger partial charge in [-0.15, -0.1) is 0 Å². The SMILES string of the molecule is O=C(NCCc1cccc(F)c1)Nc1cccc2ncccc12. The monoisotopic (exact) mass is 309 g/mol. The molecular weight excluding hydrogens is 293 g/mol. The molecule has 2 amide bonds. The van der Waals surface area contributed by atoms with Crippen molar-refractivity contribution in [2.45, 2.75) is 6.42 Å². The molecule has 0 unspecified atom stereocenters. The van der Waals surface area contributed by atoms with Crippen LogP contribution in [0.2, 0.25) is 0 Å². The van der Waals surface area contributed by atoms with E-state index in [1.54, 1.807) is 12.3 Å². The average Bonchev–Trinajstić information content (AvgIpc) is 2.55. The van der Waals surface area contributed by atoms with E-state index in [-0.39, 0.29) is 11.8 Å². The fraction of sp³-hybridized carbons (Fsp3) is 0.111. The van der Waals surface area contributed by atoms with Crippen molar-refractivity contribution in [3.63, 3.8) is 0 Å². The second-order valence-electron chi connectivity index (χ2n) is 5.14. The molecule has 0 radical (unpaired) electrons. The van der Waals surface area contributed by atoms with Gasteiger partial charge in [-0.25, -0.2) is 9.18 Å². The average molecular weight is 309 g/mol. The summed E-state index contributed by atoms with van der Waals surface area (Å²) in [6.45, 7) is 0.429. The van der Waals surface area contributed by atoms with E-state index in [2.05, 4.69) is 15.6 Å². The summed E-state index contributed by atoms with van der Waals surface area (Å²) < 4.78 is 13.1. The van der Waals surface area contributed by atoms with Gasteiger partial charge in [0.1, 0.15) is 5.82 Å². The number of carbonyl (C=O) groups excluding carboxylic acids is 1. The van der Waals surface area contributed by atoms with Crippen molar-refractivity contribution >= 4 is 22.6 Å². The number of carbonyl (C=O) groups is 1. The largest absolute Gasteiger partial charge is 0.338 e. The van der Waals surface area contributed by atoms with Gasteiger partial charge in [0, 0.05) is 18.1 Å². The van der Waals surface area contributed by atoms with Gasteiger partial charge in [-0.2, -0.15) is 0 Å². The first-order chi connectivity index (χ1) is 11.2. The summed E-state index contributed by atoms with van der Waals surface area (Å²) in [5, 5.41) is 6.47. The van der Waals surface area contributed by atoms with E-state index in [4.69, 9.17) is 0 Å². The first-order valence-electron chi connectivity index (χ1n) is 7.35. The fourth-order valence-corrected chi connectivity index (χ4v) is 2.39. The van der Waals surface area contributed by atoms with E-state index in [0.29, 0.717) is 18.7 Å². The third kappa shape index (κ3) is 3.83. The predicted octanol–water partition coefficient (Wildman–Crippen LogP) is 3.74. The summed E-state index contributed by atoms with van der Waals surface area (Å²) in [5.74, 6) is -0.268. The van der Waals surface area contributed by atoms with Gasteiger partial charge < -0.3 is 10.6 Å². The first kappa shape index (κ1) is 15.0. The summed E-state index contributed by atoms with van der Waals surface area (Å²) in [6.07, 6.45) is 2.29. The number of amides is 2. The van der Waals surface area contributed by atoms with E-state index in [1.807, 2.05) is 36.4 Å². The molecule has 1 heterocycles. The smallest absolute Gasteiger partial charge is 0.319 e. The highest BCUT2D eigenvalue weighted by Gasteiger charge is 2.05. The van der Waals surface area contributed by atoms with Crippen LogP contribution < -0.4 is 10.6 Å². The zero-order chi connectivity index (χ0) is 16.1. The molecule has 5 heteroatoms. The molecule has 0 aliphatic rings. The van der Waals surface area contributed by atoms with Crippen molar-refractivity contribution in [1.29, 1.82) is 0 Å². The molecule has 2 aromatic carbocycles. The molecule has 0 saturated carbocycles. The second-order valence-corrected chi connectivity index (χ2v) is 5.14. The Bertz CT molecular complexity index is 830. The van der Waals surface area contributed by atoms with Gasteiger partial charge in [0.15, 0.2) is 0 Å². The van der Waals surface area contributed by atoms with Crippen molar-refractivity contribution in [2.75, 3.05) is 11.9 Å². The minimum Gasteiger partial charge on any atom is -0.338 e. The zero-order valence-corrected chi connectivity index (χ0v) is 12.4. The summed E-state index contributed by atoms with van der Waals surface area (Å²) >= 11 is 0. The molecule has 2 N–H and O–H groups in total. The van der Waals surface area contributed by atoms with Crippen molar-refractivity contribution in [2.24, 2.45) is 0 Å². The van der Waals surface area contributed by atoms with E-state index in [9.17, 15) is 9.18 Å². The Hall–Kier alpha value is -2.95. The van der Waals surface area contributed by atoms with Crippen LogP contribution in [0.3, 0.4) is 0 Å². The summed E-state index contributed by atoms with van der Waals surface area (Å²) in [7, 11) is 0. The molecule has 0 fully saturated rings. The molecule has 116 valence electrons. The third-order valence-corrected chi connectivity index (χ3v) is 3.48. The quantitative estimate of drug-likeness (QED) is 0.771. The highest BCUT2D eigenvalue weighted by molar-refractivity contribution is 6.00. The number of halogens is 1. The van der Waals surface area contributed by atoms with E-state index in [1.165, 1.54) is 12.1 Å². The Balaban J connectivity index is 1.59. The van der Waals surface area contributed by atoms with Gasteiger partial charge in [-0.3, -0.25) is 4.98 Å². The third-order valence-electron chi connectivity index (χ3n) is 3.48. The van der Waals surface area contributed by atoms with Gasteiger partial charge in [0.05, 0.1) is 11.2 Å². The van der Waals surface area contributed by atoms with Gasteiger partial charge in [-0.05, 0) is 48.4 Å². The molecule has 0 aliphatic heterocycles. The molecular formula is C18H16FN3O. The highest BCUT2D eigenvalue weighted by atomic mass is 19.1. The maximum Gasteiger partial charge on any atom is 0.319 e.